The second-order valence-corrected chi connectivity index (χ2v) is 6.08. The van der Waals surface area contributed by atoms with E-state index in [0.29, 0.717) is 26.3 Å². The van der Waals surface area contributed by atoms with Crippen LogP contribution in [-0.4, -0.2) is 56.7 Å². The molecule has 0 saturated carbocycles. The van der Waals surface area contributed by atoms with Crippen molar-refractivity contribution in [1.29, 1.82) is 0 Å². The van der Waals surface area contributed by atoms with Gasteiger partial charge >= 0.3 is 0 Å². The number of methoxy groups -OCH3 is 2. The lowest BCUT2D eigenvalue weighted by atomic mass is 9.96. The molecule has 1 N–H and O–H groups in total. The molecule has 1 saturated heterocycles. The van der Waals surface area contributed by atoms with Crippen LogP contribution in [0.1, 0.15) is 0 Å². The Hall–Kier alpha value is -1.89. The summed E-state index contributed by atoms with van der Waals surface area (Å²) in [6.07, 6.45) is 1.77. The van der Waals surface area contributed by atoms with E-state index in [-0.39, 0.29) is 24.0 Å². The minimum Gasteiger partial charge on any atom is -0.378 e. The standard InChI is InChI=1S/C18H24N2O4/c1-22-16-12-24-11-14(18(16)23-2)9-19-17(21)10-20-8-7-13-5-3-4-6-15(13)20/h3-8,14,16,18H,9-12H2,1-2H3,(H,19,21)/t14-,16-,18+/m1/s1. The van der Waals surface area contributed by atoms with Crippen LogP contribution in [-0.2, 0) is 25.5 Å². The van der Waals surface area contributed by atoms with Crippen LogP contribution in [0, 0.1) is 5.92 Å². The zero-order valence-electron chi connectivity index (χ0n) is 14.1. The third-order valence-electron chi connectivity index (χ3n) is 4.58. The first-order valence-corrected chi connectivity index (χ1v) is 8.17. The van der Waals surface area contributed by atoms with Gasteiger partial charge in [0.05, 0.1) is 19.3 Å². The molecule has 1 aromatic carbocycles. The molecule has 6 nitrogen and oxygen atoms in total. The maximum atomic E-state index is 12.3. The van der Waals surface area contributed by atoms with Gasteiger partial charge in [-0.15, -0.1) is 0 Å². The first kappa shape index (κ1) is 17.0. The van der Waals surface area contributed by atoms with Crippen LogP contribution in [0.4, 0.5) is 0 Å². The molecule has 24 heavy (non-hydrogen) atoms. The predicted octanol–water partition coefficient (Wildman–Crippen LogP) is 1.43. The van der Waals surface area contributed by atoms with Crippen molar-refractivity contribution in [1.82, 2.24) is 9.88 Å². The number of hydrogen-bond donors (Lipinski definition) is 1. The van der Waals surface area contributed by atoms with Gasteiger partial charge in [-0.25, -0.2) is 0 Å². The van der Waals surface area contributed by atoms with Crippen molar-refractivity contribution >= 4 is 16.8 Å². The quantitative estimate of drug-likeness (QED) is 0.869. The molecule has 6 heteroatoms. The van der Waals surface area contributed by atoms with Crippen LogP contribution in [0.5, 0.6) is 0 Å². The fourth-order valence-electron chi connectivity index (χ4n) is 3.28. The summed E-state index contributed by atoms with van der Waals surface area (Å²) in [5, 5.41) is 4.12. The lowest BCUT2D eigenvalue weighted by Gasteiger charge is -2.36. The summed E-state index contributed by atoms with van der Waals surface area (Å²) in [4.78, 5) is 12.3. The molecular weight excluding hydrogens is 308 g/mol. The minimum atomic E-state index is -0.0981. The van der Waals surface area contributed by atoms with Gasteiger partial charge in [-0.05, 0) is 17.5 Å². The van der Waals surface area contributed by atoms with Gasteiger partial charge in [-0.2, -0.15) is 0 Å². The number of carbonyl (C=O) groups is 1. The van der Waals surface area contributed by atoms with Gasteiger partial charge in [0.25, 0.3) is 0 Å². The fraction of sp³-hybridized carbons (Fsp3) is 0.500. The second kappa shape index (κ2) is 7.79. The maximum Gasteiger partial charge on any atom is 0.239 e. The molecule has 3 atom stereocenters. The highest BCUT2D eigenvalue weighted by Crippen LogP contribution is 2.20. The van der Waals surface area contributed by atoms with Crippen molar-refractivity contribution in [2.75, 3.05) is 34.0 Å². The number of ether oxygens (including phenoxy) is 3. The van der Waals surface area contributed by atoms with Gasteiger partial charge in [-0.3, -0.25) is 4.79 Å². The van der Waals surface area contributed by atoms with E-state index in [0.717, 1.165) is 10.9 Å². The van der Waals surface area contributed by atoms with Crippen molar-refractivity contribution < 1.29 is 19.0 Å². The molecule has 3 rings (SSSR count). The molecule has 0 bridgehead atoms. The summed E-state index contributed by atoms with van der Waals surface area (Å²) in [5.74, 6) is 0.0600. The Labute approximate surface area is 141 Å². The van der Waals surface area contributed by atoms with E-state index in [1.165, 1.54) is 0 Å². The number of carbonyl (C=O) groups excluding carboxylic acids is 1. The Morgan fingerprint density at radius 2 is 2.08 bits per heavy atom. The maximum absolute atomic E-state index is 12.3. The Balaban J connectivity index is 1.57. The minimum absolute atomic E-state index is 0.0225. The van der Waals surface area contributed by atoms with Crippen LogP contribution >= 0.6 is 0 Å². The van der Waals surface area contributed by atoms with E-state index < -0.39 is 0 Å². The number of fused-ring (bicyclic) bond motifs is 1. The average Bonchev–Trinajstić information content (AvgIpc) is 3.02. The number of amides is 1. The summed E-state index contributed by atoms with van der Waals surface area (Å²) in [6.45, 7) is 1.89. The summed E-state index contributed by atoms with van der Waals surface area (Å²) in [6, 6.07) is 10.0. The average molecular weight is 332 g/mol. The zero-order valence-corrected chi connectivity index (χ0v) is 14.1. The highest BCUT2D eigenvalue weighted by molar-refractivity contribution is 5.83. The molecule has 2 heterocycles. The summed E-state index contributed by atoms with van der Waals surface area (Å²) in [5.41, 5.74) is 1.06. The van der Waals surface area contributed by atoms with E-state index in [9.17, 15) is 4.79 Å². The molecule has 2 aromatic rings. The van der Waals surface area contributed by atoms with Crippen molar-refractivity contribution in [3.8, 4) is 0 Å². The Bertz CT molecular complexity index is 684. The highest BCUT2D eigenvalue weighted by atomic mass is 16.6. The number of aromatic nitrogens is 1. The van der Waals surface area contributed by atoms with Crippen molar-refractivity contribution in [3.05, 3.63) is 36.5 Å². The second-order valence-electron chi connectivity index (χ2n) is 6.08. The number of nitrogens with zero attached hydrogens (tertiary/aromatic N) is 1. The lowest BCUT2D eigenvalue weighted by Crippen LogP contribution is -2.50. The van der Waals surface area contributed by atoms with Crippen LogP contribution in [0.25, 0.3) is 10.9 Å². The third-order valence-corrected chi connectivity index (χ3v) is 4.58. The normalized spacial score (nSPS) is 24.2. The molecular formula is C18H24N2O4. The van der Waals surface area contributed by atoms with E-state index >= 15 is 0 Å². The Morgan fingerprint density at radius 1 is 1.25 bits per heavy atom. The summed E-state index contributed by atoms with van der Waals surface area (Å²) >= 11 is 0. The monoisotopic (exact) mass is 332 g/mol. The van der Waals surface area contributed by atoms with Crippen molar-refractivity contribution in [2.24, 2.45) is 5.92 Å². The van der Waals surface area contributed by atoms with Gasteiger partial charge < -0.3 is 24.1 Å². The number of nitrogens with one attached hydrogen (secondary N) is 1. The van der Waals surface area contributed by atoms with E-state index in [1.54, 1.807) is 14.2 Å². The number of rotatable bonds is 6. The molecule has 1 amide bonds. The Kier molecular flexibility index (Phi) is 5.50. The molecule has 0 radical (unpaired) electrons. The molecule has 1 fully saturated rings. The molecule has 1 aliphatic heterocycles. The van der Waals surface area contributed by atoms with E-state index in [4.69, 9.17) is 14.2 Å². The summed E-state index contributed by atoms with van der Waals surface area (Å²) < 4.78 is 18.4. The van der Waals surface area contributed by atoms with Gasteiger partial charge in [0.15, 0.2) is 0 Å². The van der Waals surface area contributed by atoms with Crippen LogP contribution in [0.15, 0.2) is 36.5 Å². The smallest absolute Gasteiger partial charge is 0.239 e. The van der Waals surface area contributed by atoms with Crippen molar-refractivity contribution in [3.63, 3.8) is 0 Å². The fourth-order valence-corrected chi connectivity index (χ4v) is 3.28. The highest BCUT2D eigenvalue weighted by Gasteiger charge is 2.34. The molecule has 130 valence electrons. The van der Waals surface area contributed by atoms with Crippen LogP contribution < -0.4 is 5.32 Å². The first-order chi connectivity index (χ1) is 11.7. The lowest BCUT2D eigenvalue weighted by molar-refractivity contribution is -0.147. The molecule has 0 aliphatic carbocycles. The molecule has 0 spiro atoms. The predicted molar refractivity (Wildman–Crippen MR) is 90.9 cm³/mol. The first-order valence-electron chi connectivity index (χ1n) is 8.17. The zero-order chi connectivity index (χ0) is 16.9. The van der Waals surface area contributed by atoms with Crippen LogP contribution in [0.3, 0.4) is 0 Å². The number of para-hydroxylation sites is 1. The van der Waals surface area contributed by atoms with Gasteiger partial charge in [0.1, 0.15) is 12.6 Å². The van der Waals surface area contributed by atoms with Crippen LogP contribution in [0.2, 0.25) is 0 Å². The third kappa shape index (κ3) is 3.61. The number of benzene rings is 1. The van der Waals surface area contributed by atoms with Crippen molar-refractivity contribution in [2.45, 2.75) is 18.8 Å². The van der Waals surface area contributed by atoms with Gasteiger partial charge in [0.2, 0.25) is 5.91 Å². The van der Waals surface area contributed by atoms with Gasteiger partial charge in [0, 0.05) is 38.4 Å². The molecule has 1 aromatic heterocycles. The summed E-state index contributed by atoms with van der Waals surface area (Å²) in [7, 11) is 3.32. The number of hydrogen-bond acceptors (Lipinski definition) is 4. The topological polar surface area (TPSA) is 61.7 Å². The van der Waals surface area contributed by atoms with E-state index in [2.05, 4.69) is 5.32 Å². The SMILES string of the molecule is CO[C@H]1[C@H](CNC(=O)Cn2ccc3ccccc32)COC[C@H]1OC. The molecule has 0 unspecified atom stereocenters. The van der Waals surface area contributed by atoms with Gasteiger partial charge in [-0.1, -0.05) is 18.2 Å². The van der Waals surface area contributed by atoms with E-state index in [1.807, 2.05) is 41.1 Å². The largest absolute Gasteiger partial charge is 0.378 e. The molecule has 1 aliphatic rings. The Morgan fingerprint density at radius 3 is 2.88 bits per heavy atom.